The first kappa shape index (κ1) is 14.2. The van der Waals surface area contributed by atoms with Crippen molar-refractivity contribution >= 4 is 11.8 Å². The zero-order valence-electron chi connectivity index (χ0n) is 11.6. The summed E-state index contributed by atoms with van der Waals surface area (Å²) >= 11 is 1.84. The minimum absolute atomic E-state index is 0.922. The van der Waals surface area contributed by atoms with Gasteiger partial charge in [-0.25, -0.2) is 4.98 Å². The van der Waals surface area contributed by atoms with E-state index in [1.165, 1.54) is 10.5 Å². The molecule has 0 saturated heterocycles. The topological polar surface area (TPSA) is 29.9 Å². The van der Waals surface area contributed by atoms with E-state index in [1.54, 1.807) is 0 Å². The maximum Gasteiger partial charge on any atom is 0.119 e. The maximum atomic E-state index is 4.40. The van der Waals surface area contributed by atoms with Crippen LogP contribution in [-0.4, -0.2) is 16.1 Å². The molecule has 0 spiro atoms. The van der Waals surface area contributed by atoms with Crippen molar-refractivity contribution in [3.8, 4) is 0 Å². The molecule has 1 N–H and O–H groups in total. The Bertz CT molecular complexity index is 508. The standard InChI is InChI=1S/C15H21N3S/c1-3-16-11-13-6-5-7-14(10-13)19-12-15-17-8-9-18(15)4-2/h5-10,16H,3-4,11-12H2,1-2H3. The fraction of sp³-hybridized carbons (Fsp3) is 0.400. The number of rotatable bonds is 7. The van der Waals surface area contributed by atoms with Crippen LogP contribution in [0.25, 0.3) is 0 Å². The average molecular weight is 275 g/mol. The van der Waals surface area contributed by atoms with E-state index in [-0.39, 0.29) is 0 Å². The van der Waals surface area contributed by atoms with E-state index in [0.29, 0.717) is 0 Å². The number of benzene rings is 1. The number of aromatic nitrogens is 2. The Morgan fingerprint density at radius 1 is 1.32 bits per heavy atom. The van der Waals surface area contributed by atoms with Crippen LogP contribution in [-0.2, 0) is 18.8 Å². The van der Waals surface area contributed by atoms with Gasteiger partial charge >= 0.3 is 0 Å². The summed E-state index contributed by atoms with van der Waals surface area (Å²) in [7, 11) is 0. The molecule has 0 saturated carbocycles. The molecule has 2 rings (SSSR count). The molecule has 1 heterocycles. The number of imidazole rings is 1. The number of thioether (sulfide) groups is 1. The zero-order chi connectivity index (χ0) is 13.5. The van der Waals surface area contributed by atoms with Gasteiger partial charge in [-0.15, -0.1) is 11.8 Å². The van der Waals surface area contributed by atoms with Crippen molar-refractivity contribution in [2.24, 2.45) is 0 Å². The van der Waals surface area contributed by atoms with Gasteiger partial charge < -0.3 is 9.88 Å². The van der Waals surface area contributed by atoms with Gasteiger partial charge in [0.05, 0.1) is 5.75 Å². The highest BCUT2D eigenvalue weighted by Crippen LogP contribution is 2.23. The molecule has 4 heteroatoms. The van der Waals surface area contributed by atoms with Crippen LogP contribution < -0.4 is 5.32 Å². The number of hydrogen-bond acceptors (Lipinski definition) is 3. The fourth-order valence-electron chi connectivity index (χ4n) is 1.93. The normalized spacial score (nSPS) is 10.8. The van der Waals surface area contributed by atoms with Gasteiger partial charge in [0, 0.05) is 30.4 Å². The molecule has 0 aliphatic heterocycles. The third kappa shape index (κ3) is 4.11. The number of aryl methyl sites for hydroxylation is 1. The maximum absolute atomic E-state index is 4.40. The third-order valence-corrected chi connectivity index (χ3v) is 3.98. The molecule has 0 bridgehead atoms. The molecule has 0 radical (unpaired) electrons. The molecular weight excluding hydrogens is 254 g/mol. The predicted octanol–water partition coefficient (Wildman–Crippen LogP) is 3.30. The fourth-order valence-corrected chi connectivity index (χ4v) is 2.88. The van der Waals surface area contributed by atoms with Crippen molar-refractivity contribution in [3.63, 3.8) is 0 Å². The Morgan fingerprint density at radius 3 is 3.00 bits per heavy atom. The Hall–Kier alpha value is -1.26. The van der Waals surface area contributed by atoms with Crippen molar-refractivity contribution < 1.29 is 0 Å². The Kier molecular flexibility index (Phi) is 5.48. The van der Waals surface area contributed by atoms with E-state index >= 15 is 0 Å². The lowest BCUT2D eigenvalue weighted by Crippen LogP contribution is -2.11. The molecule has 0 atom stereocenters. The quantitative estimate of drug-likeness (QED) is 0.786. The van der Waals surface area contributed by atoms with Gasteiger partial charge in [0.25, 0.3) is 0 Å². The average Bonchev–Trinajstić information content (AvgIpc) is 2.91. The summed E-state index contributed by atoms with van der Waals surface area (Å²) in [5, 5.41) is 3.35. The molecule has 0 fully saturated rings. The molecule has 1 aromatic heterocycles. The van der Waals surface area contributed by atoms with E-state index in [4.69, 9.17) is 0 Å². The van der Waals surface area contributed by atoms with Crippen molar-refractivity contribution in [2.45, 2.75) is 37.6 Å². The van der Waals surface area contributed by atoms with E-state index in [9.17, 15) is 0 Å². The number of nitrogens with one attached hydrogen (secondary N) is 1. The lowest BCUT2D eigenvalue weighted by Gasteiger charge is -2.07. The Labute approximate surface area is 119 Å². The molecule has 0 aliphatic rings. The number of nitrogens with zero attached hydrogens (tertiary/aromatic N) is 2. The summed E-state index contributed by atoms with van der Waals surface area (Å²) in [5.41, 5.74) is 1.34. The summed E-state index contributed by atoms with van der Waals surface area (Å²) in [6.07, 6.45) is 3.92. The van der Waals surface area contributed by atoms with Crippen molar-refractivity contribution in [3.05, 3.63) is 48.0 Å². The van der Waals surface area contributed by atoms with Crippen molar-refractivity contribution in [1.82, 2.24) is 14.9 Å². The highest BCUT2D eigenvalue weighted by atomic mass is 32.2. The van der Waals surface area contributed by atoms with Gasteiger partial charge in [-0.3, -0.25) is 0 Å². The van der Waals surface area contributed by atoms with Crippen LogP contribution in [0.5, 0.6) is 0 Å². The Balaban J connectivity index is 1.95. The molecule has 0 aliphatic carbocycles. The van der Waals surface area contributed by atoms with Gasteiger partial charge in [-0.1, -0.05) is 19.1 Å². The van der Waals surface area contributed by atoms with E-state index in [2.05, 4.69) is 53.0 Å². The second-order valence-electron chi connectivity index (χ2n) is 4.35. The molecule has 102 valence electrons. The summed E-state index contributed by atoms with van der Waals surface area (Å²) in [4.78, 5) is 5.71. The van der Waals surface area contributed by atoms with Crippen LogP contribution >= 0.6 is 11.8 Å². The first-order chi connectivity index (χ1) is 9.33. The molecule has 3 nitrogen and oxygen atoms in total. The van der Waals surface area contributed by atoms with Crippen molar-refractivity contribution in [1.29, 1.82) is 0 Å². The smallest absolute Gasteiger partial charge is 0.119 e. The molecule has 19 heavy (non-hydrogen) atoms. The van der Waals surface area contributed by atoms with Crippen LogP contribution in [0, 0.1) is 0 Å². The van der Waals surface area contributed by atoms with Gasteiger partial charge in [-0.2, -0.15) is 0 Å². The molecular formula is C15H21N3S. The molecule has 1 aromatic carbocycles. The minimum Gasteiger partial charge on any atom is -0.335 e. The number of hydrogen-bond donors (Lipinski definition) is 1. The highest BCUT2D eigenvalue weighted by molar-refractivity contribution is 7.98. The SMILES string of the molecule is CCNCc1cccc(SCc2nccn2CC)c1. The predicted molar refractivity (Wildman–Crippen MR) is 81.3 cm³/mol. The van der Waals surface area contributed by atoms with Crippen LogP contribution in [0.1, 0.15) is 25.2 Å². The molecule has 0 unspecified atom stereocenters. The van der Waals surface area contributed by atoms with E-state index < -0.39 is 0 Å². The second kappa shape index (κ2) is 7.36. The van der Waals surface area contributed by atoms with Gasteiger partial charge in [-0.05, 0) is 31.2 Å². The van der Waals surface area contributed by atoms with Crippen molar-refractivity contribution in [2.75, 3.05) is 6.54 Å². The summed E-state index contributed by atoms with van der Waals surface area (Å²) in [6, 6.07) is 8.72. The van der Waals surface area contributed by atoms with Gasteiger partial charge in [0.2, 0.25) is 0 Å². The van der Waals surface area contributed by atoms with E-state index in [1.807, 2.05) is 24.2 Å². The van der Waals surface area contributed by atoms with Crippen LogP contribution in [0.15, 0.2) is 41.6 Å². The minimum atomic E-state index is 0.922. The summed E-state index contributed by atoms with van der Waals surface area (Å²) in [5.74, 6) is 2.07. The second-order valence-corrected chi connectivity index (χ2v) is 5.39. The highest BCUT2D eigenvalue weighted by Gasteiger charge is 2.03. The van der Waals surface area contributed by atoms with Gasteiger partial charge in [0.1, 0.15) is 5.82 Å². The van der Waals surface area contributed by atoms with Crippen LogP contribution in [0.2, 0.25) is 0 Å². The first-order valence-corrected chi connectivity index (χ1v) is 7.74. The lowest BCUT2D eigenvalue weighted by molar-refractivity contribution is 0.724. The summed E-state index contributed by atoms with van der Waals surface area (Å²) < 4.78 is 2.19. The lowest BCUT2D eigenvalue weighted by atomic mass is 10.2. The largest absolute Gasteiger partial charge is 0.335 e. The van der Waals surface area contributed by atoms with Crippen LogP contribution in [0.3, 0.4) is 0 Å². The first-order valence-electron chi connectivity index (χ1n) is 6.76. The van der Waals surface area contributed by atoms with Gasteiger partial charge in [0.15, 0.2) is 0 Å². The monoisotopic (exact) mass is 275 g/mol. The third-order valence-electron chi connectivity index (χ3n) is 2.99. The summed E-state index contributed by atoms with van der Waals surface area (Å²) in [6.45, 7) is 7.20. The zero-order valence-corrected chi connectivity index (χ0v) is 12.4. The molecule has 2 aromatic rings. The van der Waals surface area contributed by atoms with Crippen LogP contribution in [0.4, 0.5) is 0 Å². The molecule has 0 amide bonds. The Morgan fingerprint density at radius 2 is 2.21 bits per heavy atom. The van der Waals surface area contributed by atoms with E-state index in [0.717, 1.165) is 31.2 Å².